The van der Waals surface area contributed by atoms with Gasteiger partial charge in [-0.2, -0.15) is 0 Å². The van der Waals surface area contributed by atoms with Crippen LogP contribution in [0.1, 0.15) is 10.4 Å². The van der Waals surface area contributed by atoms with Gasteiger partial charge in [0, 0.05) is 11.1 Å². The van der Waals surface area contributed by atoms with Crippen molar-refractivity contribution >= 4 is 29.6 Å². The minimum absolute atomic E-state index is 0.338. The maximum absolute atomic E-state index is 11.3. The van der Waals surface area contributed by atoms with Gasteiger partial charge in [-0.15, -0.1) is 0 Å². The van der Waals surface area contributed by atoms with Gasteiger partial charge in [0.1, 0.15) is 0 Å². The summed E-state index contributed by atoms with van der Waals surface area (Å²) in [5.41, 5.74) is 1.32. The molecule has 76 valence electrons. The van der Waals surface area contributed by atoms with Crippen LogP contribution in [0, 0.1) is 0 Å². The standard InChI is InChI=1S/C11H9NO2S/c1-14-11(13)8-3-4-10-9(7-8)12-5-2-6-15-10/h2-7H,1H3. The number of fused-ring (bicyclic) bond motifs is 1. The number of methoxy groups -OCH3 is 1. The number of hydrogen-bond donors (Lipinski definition) is 0. The average Bonchev–Trinajstić information content (AvgIpc) is 2.51. The molecule has 0 unspecified atom stereocenters. The smallest absolute Gasteiger partial charge is 0.337 e. The zero-order valence-electron chi connectivity index (χ0n) is 8.14. The Morgan fingerprint density at radius 1 is 1.47 bits per heavy atom. The van der Waals surface area contributed by atoms with Crippen LogP contribution < -0.4 is 0 Å². The van der Waals surface area contributed by atoms with Crippen molar-refractivity contribution in [2.75, 3.05) is 7.11 Å². The lowest BCUT2D eigenvalue weighted by molar-refractivity contribution is 0.0600. The second kappa shape index (κ2) is 4.31. The van der Waals surface area contributed by atoms with Crippen molar-refractivity contribution in [2.45, 2.75) is 4.90 Å². The molecule has 0 fully saturated rings. The summed E-state index contributed by atoms with van der Waals surface area (Å²) < 4.78 is 4.65. The van der Waals surface area contributed by atoms with E-state index in [1.54, 1.807) is 30.1 Å². The monoisotopic (exact) mass is 219 g/mol. The fourth-order valence-electron chi connectivity index (χ4n) is 1.23. The van der Waals surface area contributed by atoms with Gasteiger partial charge in [0.05, 0.1) is 18.4 Å². The van der Waals surface area contributed by atoms with Crippen LogP contribution >= 0.6 is 11.8 Å². The number of benzene rings is 1. The number of hydrogen-bond acceptors (Lipinski definition) is 4. The lowest BCUT2D eigenvalue weighted by Crippen LogP contribution is -2.00. The highest BCUT2D eigenvalue weighted by molar-refractivity contribution is 8.02. The van der Waals surface area contributed by atoms with E-state index in [4.69, 9.17) is 0 Å². The first-order valence-corrected chi connectivity index (χ1v) is 5.27. The molecule has 0 spiro atoms. The summed E-state index contributed by atoms with van der Waals surface area (Å²) in [5, 5.41) is 1.95. The van der Waals surface area contributed by atoms with Crippen LogP contribution in [0.3, 0.4) is 0 Å². The molecule has 3 nitrogen and oxygen atoms in total. The molecule has 0 saturated heterocycles. The van der Waals surface area contributed by atoms with E-state index in [2.05, 4.69) is 9.73 Å². The lowest BCUT2D eigenvalue weighted by Gasteiger charge is -2.03. The third-order valence-corrected chi connectivity index (χ3v) is 2.85. The molecule has 0 bridgehead atoms. The molecule has 0 N–H and O–H groups in total. The minimum Gasteiger partial charge on any atom is -0.465 e. The molecular formula is C11H9NO2S. The molecule has 0 saturated carbocycles. The number of allylic oxidation sites excluding steroid dienone is 1. The van der Waals surface area contributed by atoms with E-state index in [9.17, 15) is 4.79 Å². The predicted octanol–water partition coefficient (Wildman–Crippen LogP) is 2.79. The summed E-state index contributed by atoms with van der Waals surface area (Å²) in [6, 6.07) is 5.35. The SMILES string of the molecule is COC(=O)c1ccc2c(c1)N=CC=CS2. The number of carbonyl (C=O) groups is 1. The molecule has 1 aliphatic heterocycles. The maximum Gasteiger partial charge on any atom is 0.337 e. The zero-order chi connectivity index (χ0) is 10.7. The van der Waals surface area contributed by atoms with Crippen molar-refractivity contribution in [2.24, 2.45) is 4.99 Å². The summed E-state index contributed by atoms with van der Waals surface area (Å²) in [4.78, 5) is 16.5. The molecule has 1 aromatic rings. The van der Waals surface area contributed by atoms with Crippen molar-refractivity contribution in [3.63, 3.8) is 0 Å². The molecule has 1 aliphatic rings. The summed E-state index contributed by atoms with van der Waals surface area (Å²) in [6.07, 6.45) is 3.57. The highest BCUT2D eigenvalue weighted by Crippen LogP contribution is 2.32. The first-order chi connectivity index (χ1) is 7.31. The van der Waals surface area contributed by atoms with Crippen LogP contribution in [0.5, 0.6) is 0 Å². The normalized spacial score (nSPS) is 13.1. The van der Waals surface area contributed by atoms with Crippen LogP contribution in [0.4, 0.5) is 5.69 Å². The Morgan fingerprint density at radius 3 is 3.13 bits per heavy atom. The zero-order valence-corrected chi connectivity index (χ0v) is 8.95. The van der Waals surface area contributed by atoms with Crippen LogP contribution in [-0.2, 0) is 4.74 Å². The third kappa shape index (κ3) is 2.10. The van der Waals surface area contributed by atoms with Crippen molar-refractivity contribution in [3.8, 4) is 0 Å². The Bertz CT molecular complexity index is 452. The molecule has 15 heavy (non-hydrogen) atoms. The Kier molecular flexibility index (Phi) is 2.87. The predicted molar refractivity (Wildman–Crippen MR) is 60.9 cm³/mol. The van der Waals surface area contributed by atoms with Crippen molar-refractivity contribution < 1.29 is 9.53 Å². The summed E-state index contributed by atoms with van der Waals surface area (Å²) in [7, 11) is 1.37. The Morgan fingerprint density at radius 2 is 2.33 bits per heavy atom. The fraction of sp³-hybridized carbons (Fsp3) is 0.0909. The van der Waals surface area contributed by atoms with Crippen molar-refractivity contribution in [1.29, 1.82) is 0 Å². The van der Waals surface area contributed by atoms with Crippen molar-refractivity contribution in [1.82, 2.24) is 0 Å². The Balaban J connectivity index is 2.42. The van der Waals surface area contributed by atoms with Gasteiger partial charge in [0.25, 0.3) is 0 Å². The molecule has 1 heterocycles. The van der Waals surface area contributed by atoms with E-state index in [-0.39, 0.29) is 5.97 Å². The van der Waals surface area contributed by atoms with E-state index in [0.717, 1.165) is 10.6 Å². The molecule has 0 aliphatic carbocycles. The van der Waals surface area contributed by atoms with Gasteiger partial charge in [-0.1, -0.05) is 11.8 Å². The Labute approximate surface area is 91.9 Å². The second-order valence-corrected chi connectivity index (χ2v) is 3.85. The molecule has 0 aromatic heterocycles. The largest absolute Gasteiger partial charge is 0.465 e. The van der Waals surface area contributed by atoms with Gasteiger partial charge >= 0.3 is 5.97 Å². The fourth-order valence-corrected chi connectivity index (χ4v) is 1.91. The summed E-state index contributed by atoms with van der Waals surface area (Å²) in [5.74, 6) is -0.338. The van der Waals surface area contributed by atoms with Crippen LogP contribution in [0.15, 0.2) is 39.6 Å². The summed E-state index contributed by atoms with van der Waals surface area (Å²) in [6.45, 7) is 0. The highest BCUT2D eigenvalue weighted by Gasteiger charge is 2.09. The first-order valence-electron chi connectivity index (χ1n) is 4.39. The van der Waals surface area contributed by atoms with E-state index in [1.807, 2.05) is 17.6 Å². The van der Waals surface area contributed by atoms with Crippen molar-refractivity contribution in [3.05, 3.63) is 35.2 Å². The first kappa shape index (κ1) is 9.98. The lowest BCUT2D eigenvalue weighted by atomic mass is 10.2. The van der Waals surface area contributed by atoms with Gasteiger partial charge in [0.2, 0.25) is 0 Å². The third-order valence-electron chi connectivity index (χ3n) is 1.95. The van der Waals surface area contributed by atoms with E-state index in [1.165, 1.54) is 7.11 Å². The molecule has 0 radical (unpaired) electrons. The summed E-state index contributed by atoms with van der Waals surface area (Å²) >= 11 is 1.58. The molecular weight excluding hydrogens is 210 g/mol. The second-order valence-electron chi connectivity index (χ2n) is 2.90. The van der Waals surface area contributed by atoms with Gasteiger partial charge in [0.15, 0.2) is 0 Å². The number of carbonyl (C=O) groups excluding carboxylic acids is 1. The van der Waals surface area contributed by atoms with Gasteiger partial charge in [-0.25, -0.2) is 4.79 Å². The van der Waals surface area contributed by atoms with E-state index >= 15 is 0 Å². The molecule has 0 atom stereocenters. The number of esters is 1. The van der Waals surface area contributed by atoms with Crippen LogP contribution in [0.25, 0.3) is 0 Å². The van der Waals surface area contributed by atoms with Crippen LogP contribution in [-0.4, -0.2) is 19.3 Å². The van der Waals surface area contributed by atoms with Gasteiger partial charge in [-0.3, -0.25) is 4.99 Å². The number of nitrogens with zero attached hydrogens (tertiary/aromatic N) is 1. The maximum atomic E-state index is 11.3. The van der Waals surface area contributed by atoms with Crippen LogP contribution in [0.2, 0.25) is 0 Å². The minimum atomic E-state index is -0.338. The van der Waals surface area contributed by atoms with E-state index < -0.39 is 0 Å². The number of rotatable bonds is 1. The number of ether oxygens (including phenoxy) is 1. The number of aliphatic imine (C=N–C) groups is 1. The topological polar surface area (TPSA) is 38.7 Å². The van der Waals surface area contributed by atoms with Gasteiger partial charge in [-0.05, 0) is 29.7 Å². The molecule has 2 rings (SSSR count). The van der Waals surface area contributed by atoms with Gasteiger partial charge < -0.3 is 4.74 Å². The van der Waals surface area contributed by atoms with E-state index in [0.29, 0.717) is 5.56 Å². The number of thioether (sulfide) groups is 1. The quantitative estimate of drug-likeness (QED) is 0.682. The molecule has 4 heteroatoms. The Hall–Kier alpha value is -1.55. The molecule has 0 amide bonds. The average molecular weight is 219 g/mol. The highest BCUT2D eigenvalue weighted by atomic mass is 32.2. The molecule has 1 aromatic carbocycles.